The molecule has 0 heterocycles. The number of benzene rings is 1. The Bertz CT molecular complexity index is 511. The lowest BCUT2D eigenvalue weighted by Crippen LogP contribution is -2.12. The average molecular weight is 268 g/mol. The Morgan fingerprint density at radius 2 is 2.22 bits per heavy atom. The van der Waals surface area contributed by atoms with Crippen LogP contribution < -0.4 is 0 Å². The molecule has 96 valence electrons. The van der Waals surface area contributed by atoms with E-state index in [1.54, 1.807) is 13.8 Å². The summed E-state index contributed by atoms with van der Waals surface area (Å²) in [6, 6.07) is 2.79. The fourth-order valence-corrected chi connectivity index (χ4v) is 2.03. The van der Waals surface area contributed by atoms with Gasteiger partial charge in [0.1, 0.15) is 5.78 Å². The molecule has 18 heavy (non-hydrogen) atoms. The number of nitrogens with zero attached hydrogens (tertiary/aromatic N) is 1. The van der Waals surface area contributed by atoms with Crippen LogP contribution in [0.2, 0.25) is 5.02 Å². The molecule has 0 spiro atoms. The van der Waals surface area contributed by atoms with Crippen LogP contribution in [0.25, 0.3) is 0 Å². The van der Waals surface area contributed by atoms with Crippen molar-refractivity contribution >= 4 is 23.1 Å². The molecule has 0 N–H and O–H groups in total. The number of halogens is 1. The van der Waals surface area contributed by atoms with E-state index in [4.69, 9.17) is 11.6 Å². The maximum atomic E-state index is 11.8. The largest absolute Gasteiger partial charge is 0.299 e. The minimum Gasteiger partial charge on any atom is -0.299 e. The maximum Gasteiger partial charge on any atom is 0.274 e. The molecule has 1 unspecified atom stereocenters. The topological polar surface area (TPSA) is 60.2 Å². The molecule has 0 amide bonds. The lowest BCUT2D eigenvalue weighted by atomic mass is 9.89. The molecule has 0 aliphatic rings. The Labute approximate surface area is 110 Å². The van der Waals surface area contributed by atoms with Crippen molar-refractivity contribution in [3.05, 3.63) is 51.1 Å². The van der Waals surface area contributed by atoms with Gasteiger partial charge < -0.3 is 0 Å². The highest BCUT2D eigenvalue weighted by Gasteiger charge is 2.27. The van der Waals surface area contributed by atoms with Gasteiger partial charge >= 0.3 is 0 Å². The van der Waals surface area contributed by atoms with Gasteiger partial charge in [0.05, 0.1) is 10.8 Å². The number of carbonyl (C=O) groups excluding carboxylic acids is 1. The first-order valence-corrected chi connectivity index (χ1v) is 5.90. The fraction of sp³-hybridized carbons (Fsp3) is 0.308. The number of hydrogen-bond acceptors (Lipinski definition) is 3. The summed E-state index contributed by atoms with van der Waals surface area (Å²) in [5.74, 6) is -0.799. The van der Waals surface area contributed by atoms with Crippen molar-refractivity contribution in [1.82, 2.24) is 0 Å². The SMILES string of the molecule is C=CC(C(=O)CC)c1c([N+](=O)[O-])ccc(Cl)c1C. The lowest BCUT2D eigenvalue weighted by Gasteiger charge is -2.15. The summed E-state index contributed by atoms with van der Waals surface area (Å²) in [7, 11) is 0. The van der Waals surface area contributed by atoms with Crippen LogP contribution in [-0.4, -0.2) is 10.7 Å². The molecule has 0 bridgehead atoms. The molecule has 0 saturated carbocycles. The van der Waals surface area contributed by atoms with Crippen LogP contribution in [0.15, 0.2) is 24.8 Å². The van der Waals surface area contributed by atoms with E-state index in [-0.39, 0.29) is 11.5 Å². The van der Waals surface area contributed by atoms with Crippen molar-refractivity contribution in [2.75, 3.05) is 0 Å². The second-order valence-electron chi connectivity index (χ2n) is 3.90. The summed E-state index contributed by atoms with van der Waals surface area (Å²) in [5.41, 5.74) is 0.801. The summed E-state index contributed by atoms with van der Waals surface area (Å²) in [5, 5.41) is 11.4. The van der Waals surface area contributed by atoms with Crippen molar-refractivity contribution in [1.29, 1.82) is 0 Å². The third-order valence-corrected chi connectivity index (χ3v) is 3.27. The zero-order valence-corrected chi connectivity index (χ0v) is 11.0. The molecule has 5 heteroatoms. The smallest absolute Gasteiger partial charge is 0.274 e. The molecule has 0 fully saturated rings. The Morgan fingerprint density at radius 3 is 2.67 bits per heavy atom. The monoisotopic (exact) mass is 267 g/mol. The molecule has 1 atom stereocenters. The van der Waals surface area contributed by atoms with Gasteiger partial charge in [-0.05, 0) is 18.6 Å². The van der Waals surface area contributed by atoms with Gasteiger partial charge in [0.2, 0.25) is 0 Å². The summed E-state index contributed by atoms with van der Waals surface area (Å²) in [6.45, 7) is 6.97. The maximum absolute atomic E-state index is 11.8. The third-order valence-electron chi connectivity index (χ3n) is 2.86. The van der Waals surface area contributed by atoms with Crippen molar-refractivity contribution in [2.24, 2.45) is 0 Å². The second kappa shape index (κ2) is 5.78. The molecule has 1 aromatic carbocycles. The first-order chi connectivity index (χ1) is 8.43. The molecule has 4 nitrogen and oxygen atoms in total. The summed E-state index contributed by atoms with van der Waals surface area (Å²) >= 11 is 5.97. The van der Waals surface area contributed by atoms with Crippen LogP contribution in [0.3, 0.4) is 0 Å². The van der Waals surface area contributed by atoms with E-state index < -0.39 is 10.8 Å². The van der Waals surface area contributed by atoms with Gasteiger partial charge in [-0.2, -0.15) is 0 Å². The number of Topliss-reactive ketones (excluding diaryl/α,β-unsaturated/α-hetero) is 1. The second-order valence-corrected chi connectivity index (χ2v) is 4.30. The van der Waals surface area contributed by atoms with E-state index in [1.807, 2.05) is 0 Å². The van der Waals surface area contributed by atoms with Gasteiger partial charge in [0.15, 0.2) is 0 Å². The number of carbonyl (C=O) groups is 1. The number of rotatable bonds is 5. The van der Waals surface area contributed by atoms with Crippen LogP contribution >= 0.6 is 11.6 Å². The van der Waals surface area contributed by atoms with E-state index in [0.717, 1.165) is 0 Å². The van der Waals surface area contributed by atoms with E-state index in [0.29, 0.717) is 22.6 Å². The quantitative estimate of drug-likeness (QED) is 0.463. The molecule has 1 aromatic rings. The first-order valence-electron chi connectivity index (χ1n) is 5.52. The van der Waals surface area contributed by atoms with E-state index in [9.17, 15) is 14.9 Å². The van der Waals surface area contributed by atoms with Gasteiger partial charge in [-0.15, -0.1) is 6.58 Å². The Morgan fingerprint density at radius 1 is 1.61 bits per heavy atom. The van der Waals surface area contributed by atoms with E-state index in [1.165, 1.54) is 18.2 Å². The predicted octanol–water partition coefficient (Wildman–Crippen LogP) is 3.81. The average Bonchev–Trinajstić information content (AvgIpc) is 2.34. The fourth-order valence-electron chi connectivity index (χ4n) is 1.87. The van der Waals surface area contributed by atoms with Gasteiger partial charge in [-0.3, -0.25) is 14.9 Å². The Kier molecular flexibility index (Phi) is 4.62. The standard InChI is InChI=1S/C13H14ClNO3/c1-4-9(12(16)5-2)13-8(3)10(14)6-7-11(13)15(17)18/h4,6-7,9H,1,5H2,2-3H3. The summed E-state index contributed by atoms with van der Waals surface area (Å²) < 4.78 is 0. The molecule has 0 aliphatic carbocycles. The molecular formula is C13H14ClNO3. The minimum atomic E-state index is -0.686. The van der Waals surface area contributed by atoms with Gasteiger partial charge in [0.25, 0.3) is 5.69 Å². The highest BCUT2D eigenvalue weighted by molar-refractivity contribution is 6.31. The molecular weight excluding hydrogens is 254 g/mol. The van der Waals surface area contributed by atoms with Crippen LogP contribution in [0.1, 0.15) is 30.4 Å². The number of nitro groups is 1. The van der Waals surface area contributed by atoms with Crippen LogP contribution in [-0.2, 0) is 4.79 Å². The van der Waals surface area contributed by atoms with E-state index in [2.05, 4.69) is 6.58 Å². The molecule has 0 saturated heterocycles. The van der Waals surface area contributed by atoms with Crippen molar-refractivity contribution in [3.8, 4) is 0 Å². The minimum absolute atomic E-state index is 0.0939. The molecule has 1 rings (SSSR count). The molecule has 0 aromatic heterocycles. The number of nitro benzene ring substituents is 1. The predicted molar refractivity (Wildman–Crippen MR) is 71.1 cm³/mol. The highest BCUT2D eigenvalue weighted by atomic mass is 35.5. The zero-order valence-electron chi connectivity index (χ0n) is 10.3. The number of ketones is 1. The zero-order chi connectivity index (χ0) is 13.9. The molecule has 0 radical (unpaired) electrons. The molecule has 0 aliphatic heterocycles. The van der Waals surface area contributed by atoms with Gasteiger partial charge in [0, 0.05) is 23.1 Å². The number of allylic oxidation sites excluding steroid dienone is 1. The van der Waals surface area contributed by atoms with Crippen LogP contribution in [0.5, 0.6) is 0 Å². The van der Waals surface area contributed by atoms with Crippen LogP contribution in [0, 0.1) is 17.0 Å². The van der Waals surface area contributed by atoms with Crippen molar-refractivity contribution in [3.63, 3.8) is 0 Å². The van der Waals surface area contributed by atoms with Crippen molar-refractivity contribution < 1.29 is 9.72 Å². The Hall–Kier alpha value is -1.68. The lowest BCUT2D eigenvalue weighted by molar-refractivity contribution is -0.385. The summed E-state index contributed by atoms with van der Waals surface area (Å²) in [6.07, 6.45) is 1.72. The normalized spacial score (nSPS) is 11.9. The summed E-state index contributed by atoms with van der Waals surface area (Å²) in [4.78, 5) is 22.4. The van der Waals surface area contributed by atoms with Gasteiger partial charge in [-0.25, -0.2) is 0 Å². The van der Waals surface area contributed by atoms with Gasteiger partial charge in [-0.1, -0.05) is 24.6 Å². The highest BCUT2D eigenvalue weighted by Crippen LogP contribution is 2.35. The van der Waals surface area contributed by atoms with E-state index >= 15 is 0 Å². The first kappa shape index (κ1) is 14.4. The Balaban J connectivity index is 3.53. The van der Waals surface area contributed by atoms with Crippen LogP contribution in [0.4, 0.5) is 5.69 Å². The van der Waals surface area contributed by atoms with Crippen molar-refractivity contribution in [2.45, 2.75) is 26.2 Å². The third kappa shape index (κ3) is 2.59. The number of hydrogen-bond donors (Lipinski definition) is 0.